The Bertz CT molecular complexity index is 729. The van der Waals surface area contributed by atoms with Gasteiger partial charge in [0, 0.05) is 13.1 Å². The predicted octanol–water partition coefficient (Wildman–Crippen LogP) is 1.13. The summed E-state index contributed by atoms with van der Waals surface area (Å²) in [4.78, 5) is 16.5. The van der Waals surface area contributed by atoms with Crippen LogP contribution in [-0.4, -0.2) is 50.2 Å². The van der Waals surface area contributed by atoms with Gasteiger partial charge < -0.3 is 10.0 Å². The molecule has 1 fully saturated rings. The van der Waals surface area contributed by atoms with E-state index in [-0.39, 0.29) is 12.4 Å². The van der Waals surface area contributed by atoms with Crippen LogP contribution in [0.15, 0.2) is 12.1 Å². The third kappa shape index (κ3) is 2.44. The number of nitrogens with zero attached hydrogens (tertiary/aromatic N) is 5. The standard InChI is InChI=1S/C12H12F3N5O2/c1-6-16-9-2-3-10(18-20(9)17-6)19-4-7(11(21)22)8(5-19)12(13,14)15/h2-3,7-8H,4-5H2,1H3,(H,21,22)/t7-,8-/m1/s1. The van der Waals surface area contributed by atoms with Crippen LogP contribution in [0.25, 0.3) is 5.65 Å². The predicted molar refractivity (Wildman–Crippen MR) is 68.4 cm³/mol. The molecule has 0 aromatic carbocycles. The number of carbonyl (C=O) groups is 1. The number of halogens is 3. The van der Waals surface area contributed by atoms with Gasteiger partial charge in [0.25, 0.3) is 0 Å². The van der Waals surface area contributed by atoms with Crippen LogP contribution in [0.3, 0.4) is 0 Å². The van der Waals surface area contributed by atoms with Crippen molar-refractivity contribution in [2.24, 2.45) is 11.8 Å². The lowest BCUT2D eigenvalue weighted by Crippen LogP contribution is -2.33. The first kappa shape index (κ1) is 14.5. The number of carboxylic acids is 1. The van der Waals surface area contributed by atoms with Crippen LogP contribution < -0.4 is 4.90 Å². The number of fused-ring (bicyclic) bond motifs is 1. The number of alkyl halides is 3. The first-order valence-corrected chi connectivity index (χ1v) is 6.51. The van der Waals surface area contributed by atoms with Crippen molar-refractivity contribution >= 4 is 17.4 Å². The van der Waals surface area contributed by atoms with E-state index in [1.807, 2.05) is 0 Å². The number of hydrogen-bond acceptors (Lipinski definition) is 5. The molecule has 1 saturated heterocycles. The second kappa shape index (κ2) is 4.82. The molecular formula is C12H12F3N5O2. The van der Waals surface area contributed by atoms with Crippen LogP contribution in [0.5, 0.6) is 0 Å². The van der Waals surface area contributed by atoms with Crippen LogP contribution in [0.4, 0.5) is 19.0 Å². The Labute approximate surface area is 122 Å². The number of aliphatic carboxylic acids is 1. The van der Waals surface area contributed by atoms with Gasteiger partial charge in [0.15, 0.2) is 11.5 Å². The fourth-order valence-corrected chi connectivity index (χ4v) is 2.62. The highest BCUT2D eigenvalue weighted by Crippen LogP contribution is 2.38. The lowest BCUT2D eigenvalue weighted by Gasteiger charge is -2.18. The molecule has 10 heteroatoms. The average molecular weight is 315 g/mol. The first-order valence-electron chi connectivity index (χ1n) is 6.51. The molecule has 0 radical (unpaired) electrons. The van der Waals surface area contributed by atoms with Crippen molar-refractivity contribution in [2.45, 2.75) is 13.1 Å². The number of carboxylic acid groups (broad SMARTS) is 1. The minimum absolute atomic E-state index is 0.244. The zero-order chi connectivity index (χ0) is 16.1. The zero-order valence-corrected chi connectivity index (χ0v) is 11.4. The molecule has 2 aromatic rings. The number of aryl methyl sites for hydroxylation is 1. The molecule has 1 N–H and O–H groups in total. The Kier molecular flexibility index (Phi) is 3.18. The van der Waals surface area contributed by atoms with Crippen LogP contribution in [0.1, 0.15) is 5.82 Å². The van der Waals surface area contributed by atoms with Crippen molar-refractivity contribution in [1.29, 1.82) is 0 Å². The Balaban J connectivity index is 1.92. The number of anilines is 1. The largest absolute Gasteiger partial charge is 0.481 e. The van der Waals surface area contributed by atoms with Crippen LogP contribution >= 0.6 is 0 Å². The van der Waals surface area contributed by atoms with E-state index >= 15 is 0 Å². The highest BCUT2D eigenvalue weighted by atomic mass is 19.4. The molecule has 3 heterocycles. The summed E-state index contributed by atoms with van der Waals surface area (Å²) in [7, 11) is 0. The number of hydrogen-bond donors (Lipinski definition) is 1. The van der Waals surface area contributed by atoms with Gasteiger partial charge in [-0.1, -0.05) is 0 Å². The molecule has 2 atom stereocenters. The van der Waals surface area contributed by atoms with Gasteiger partial charge in [0.1, 0.15) is 5.82 Å². The van der Waals surface area contributed by atoms with Crippen LogP contribution in [0, 0.1) is 18.8 Å². The molecule has 22 heavy (non-hydrogen) atoms. The maximum Gasteiger partial charge on any atom is 0.394 e. The van der Waals surface area contributed by atoms with Gasteiger partial charge in [0.05, 0.1) is 11.8 Å². The van der Waals surface area contributed by atoms with E-state index in [0.717, 1.165) is 0 Å². The normalized spacial score (nSPS) is 22.5. The Morgan fingerprint density at radius 1 is 1.32 bits per heavy atom. The van der Waals surface area contributed by atoms with Crippen molar-refractivity contribution in [3.05, 3.63) is 18.0 Å². The molecule has 2 aromatic heterocycles. The van der Waals surface area contributed by atoms with Crippen molar-refractivity contribution < 1.29 is 23.1 Å². The summed E-state index contributed by atoms with van der Waals surface area (Å²) >= 11 is 0. The van der Waals surface area contributed by atoms with E-state index in [4.69, 9.17) is 5.11 Å². The third-order valence-electron chi connectivity index (χ3n) is 3.68. The topological polar surface area (TPSA) is 83.6 Å². The molecule has 0 spiro atoms. The van der Waals surface area contributed by atoms with Crippen LogP contribution in [-0.2, 0) is 4.79 Å². The molecule has 0 saturated carbocycles. The molecule has 0 unspecified atom stereocenters. The molecule has 0 aliphatic carbocycles. The van der Waals surface area contributed by atoms with Crippen molar-refractivity contribution in [1.82, 2.24) is 19.8 Å². The van der Waals surface area contributed by atoms with Gasteiger partial charge in [-0.3, -0.25) is 4.79 Å². The van der Waals surface area contributed by atoms with Crippen molar-refractivity contribution in [2.75, 3.05) is 18.0 Å². The lowest BCUT2D eigenvalue weighted by atomic mass is 9.96. The average Bonchev–Trinajstić information content (AvgIpc) is 2.98. The van der Waals surface area contributed by atoms with E-state index in [2.05, 4.69) is 15.2 Å². The molecule has 1 aliphatic rings. The Morgan fingerprint density at radius 2 is 2.05 bits per heavy atom. The highest BCUT2D eigenvalue weighted by molar-refractivity contribution is 5.72. The smallest absolute Gasteiger partial charge is 0.394 e. The van der Waals surface area contributed by atoms with Gasteiger partial charge in [-0.25, -0.2) is 4.98 Å². The van der Waals surface area contributed by atoms with Gasteiger partial charge >= 0.3 is 12.1 Å². The van der Waals surface area contributed by atoms with E-state index in [1.54, 1.807) is 13.0 Å². The summed E-state index contributed by atoms with van der Waals surface area (Å²) in [6.07, 6.45) is -4.56. The summed E-state index contributed by atoms with van der Waals surface area (Å²) in [5.74, 6) is -4.14. The molecule has 0 amide bonds. The summed E-state index contributed by atoms with van der Waals surface area (Å²) in [5.41, 5.74) is 0.475. The molecule has 3 rings (SSSR count). The molecule has 118 valence electrons. The highest BCUT2D eigenvalue weighted by Gasteiger charge is 2.52. The maximum absolute atomic E-state index is 13.0. The van der Waals surface area contributed by atoms with Gasteiger partial charge in [-0.15, -0.1) is 14.8 Å². The zero-order valence-electron chi connectivity index (χ0n) is 11.4. The molecule has 0 bridgehead atoms. The third-order valence-corrected chi connectivity index (χ3v) is 3.68. The molecular weight excluding hydrogens is 303 g/mol. The SMILES string of the molecule is Cc1nc2ccc(N3C[C@@H](C(F)(F)F)[C@H](C(=O)O)C3)nn2n1. The summed E-state index contributed by atoms with van der Waals surface area (Å²) in [6.45, 7) is 0.989. The quantitative estimate of drug-likeness (QED) is 0.894. The van der Waals surface area contributed by atoms with E-state index in [9.17, 15) is 18.0 Å². The van der Waals surface area contributed by atoms with Crippen molar-refractivity contribution in [3.8, 4) is 0 Å². The number of aromatic nitrogens is 4. The van der Waals surface area contributed by atoms with E-state index in [1.165, 1.54) is 15.6 Å². The van der Waals surface area contributed by atoms with Gasteiger partial charge in [0.2, 0.25) is 0 Å². The fourth-order valence-electron chi connectivity index (χ4n) is 2.62. The molecule has 7 nitrogen and oxygen atoms in total. The van der Waals surface area contributed by atoms with E-state index in [0.29, 0.717) is 11.5 Å². The van der Waals surface area contributed by atoms with Crippen LogP contribution in [0.2, 0.25) is 0 Å². The summed E-state index contributed by atoms with van der Waals surface area (Å²) < 4.78 is 40.2. The van der Waals surface area contributed by atoms with Crippen molar-refractivity contribution in [3.63, 3.8) is 0 Å². The monoisotopic (exact) mass is 315 g/mol. The Morgan fingerprint density at radius 3 is 2.64 bits per heavy atom. The summed E-state index contributed by atoms with van der Waals surface area (Å²) in [6, 6.07) is 3.10. The summed E-state index contributed by atoms with van der Waals surface area (Å²) in [5, 5.41) is 17.1. The minimum Gasteiger partial charge on any atom is -0.481 e. The molecule has 1 aliphatic heterocycles. The minimum atomic E-state index is -4.56. The van der Waals surface area contributed by atoms with Gasteiger partial charge in [-0.2, -0.15) is 13.2 Å². The first-order chi connectivity index (χ1) is 10.3. The Hall–Kier alpha value is -2.39. The van der Waals surface area contributed by atoms with Gasteiger partial charge in [-0.05, 0) is 19.1 Å². The lowest BCUT2D eigenvalue weighted by molar-refractivity contribution is -0.187. The fraction of sp³-hybridized carbons (Fsp3) is 0.500. The second-order valence-electron chi connectivity index (χ2n) is 5.20. The number of rotatable bonds is 2. The van der Waals surface area contributed by atoms with E-state index < -0.39 is 30.5 Å². The maximum atomic E-state index is 13.0. The second-order valence-corrected chi connectivity index (χ2v) is 5.20.